The SMILES string of the molecule is Cc1cccc(Cl)c1NC(=O)N(C(C)C)C1CCCCC1. The Labute approximate surface area is 132 Å². The molecule has 0 aromatic heterocycles. The molecule has 0 radical (unpaired) electrons. The molecule has 1 aliphatic rings. The second-order valence-corrected chi connectivity index (χ2v) is 6.56. The molecule has 1 aromatic carbocycles. The highest BCUT2D eigenvalue weighted by Crippen LogP contribution is 2.28. The number of urea groups is 1. The number of hydrogen-bond donors (Lipinski definition) is 1. The van der Waals surface area contributed by atoms with E-state index in [4.69, 9.17) is 11.6 Å². The fraction of sp³-hybridized carbons (Fsp3) is 0.588. The summed E-state index contributed by atoms with van der Waals surface area (Å²) in [7, 11) is 0. The first-order valence-corrected chi connectivity index (χ1v) is 8.23. The molecule has 0 aliphatic heterocycles. The fourth-order valence-electron chi connectivity index (χ4n) is 3.14. The summed E-state index contributed by atoms with van der Waals surface area (Å²) >= 11 is 6.21. The van der Waals surface area contributed by atoms with E-state index in [9.17, 15) is 4.79 Å². The lowest BCUT2D eigenvalue weighted by Crippen LogP contribution is -2.47. The van der Waals surface area contributed by atoms with Gasteiger partial charge in [0.1, 0.15) is 0 Å². The van der Waals surface area contributed by atoms with Gasteiger partial charge in [-0.1, -0.05) is 43.0 Å². The van der Waals surface area contributed by atoms with Crippen molar-refractivity contribution in [3.63, 3.8) is 0 Å². The summed E-state index contributed by atoms with van der Waals surface area (Å²) in [4.78, 5) is 14.7. The number of nitrogens with one attached hydrogen (secondary N) is 1. The summed E-state index contributed by atoms with van der Waals surface area (Å²) in [6.45, 7) is 6.11. The van der Waals surface area contributed by atoms with Crippen molar-refractivity contribution >= 4 is 23.3 Å². The van der Waals surface area contributed by atoms with Gasteiger partial charge in [0, 0.05) is 12.1 Å². The van der Waals surface area contributed by atoms with Crippen LogP contribution in [0.25, 0.3) is 0 Å². The molecular formula is C17H25ClN2O. The van der Waals surface area contributed by atoms with Crippen molar-refractivity contribution in [2.75, 3.05) is 5.32 Å². The van der Waals surface area contributed by atoms with Gasteiger partial charge in [-0.2, -0.15) is 0 Å². The third-order valence-electron chi connectivity index (χ3n) is 4.21. The molecule has 21 heavy (non-hydrogen) atoms. The van der Waals surface area contributed by atoms with Gasteiger partial charge in [0.2, 0.25) is 0 Å². The molecule has 1 fully saturated rings. The number of nitrogens with zero attached hydrogens (tertiary/aromatic N) is 1. The molecule has 2 rings (SSSR count). The molecule has 3 nitrogen and oxygen atoms in total. The zero-order valence-electron chi connectivity index (χ0n) is 13.2. The summed E-state index contributed by atoms with van der Waals surface area (Å²) in [5.74, 6) is 0. The Morgan fingerprint density at radius 1 is 1.29 bits per heavy atom. The molecular weight excluding hydrogens is 284 g/mol. The molecule has 0 atom stereocenters. The highest BCUT2D eigenvalue weighted by atomic mass is 35.5. The topological polar surface area (TPSA) is 32.3 Å². The number of carbonyl (C=O) groups is 1. The quantitative estimate of drug-likeness (QED) is 0.815. The Hall–Kier alpha value is -1.22. The lowest BCUT2D eigenvalue weighted by atomic mass is 9.93. The third kappa shape index (κ3) is 3.91. The molecule has 0 unspecified atom stereocenters. The van der Waals surface area contributed by atoms with E-state index in [-0.39, 0.29) is 12.1 Å². The summed E-state index contributed by atoms with van der Waals surface area (Å²) in [6, 6.07) is 6.17. The Morgan fingerprint density at radius 3 is 2.52 bits per heavy atom. The molecule has 4 heteroatoms. The summed E-state index contributed by atoms with van der Waals surface area (Å²) < 4.78 is 0. The normalized spacial score (nSPS) is 16.0. The number of benzene rings is 1. The summed E-state index contributed by atoms with van der Waals surface area (Å²) in [5.41, 5.74) is 1.72. The van der Waals surface area contributed by atoms with Crippen LogP contribution in [-0.2, 0) is 0 Å². The van der Waals surface area contributed by atoms with Gasteiger partial charge in [0.05, 0.1) is 10.7 Å². The average Bonchev–Trinajstić information content (AvgIpc) is 2.44. The molecule has 1 N–H and O–H groups in total. The van der Waals surface area contributed by atoms with E-state index in [1.807, 2.05) is 30.0 Å². The monoisotopic (exact) mass is 308 g/mol. The van der Waals surface area contributed by atoms with E-state index in [1.54, 1.807) is 0 Å². The van der Waals surface area contributed by atoms with Crippen molar-refractivity contribution < 1.29 is 4.79 Å². The maximum absolute atomic E-state index is 12.7. The highest BCUT2D eigenvalue weighted by Gasteiger charge is 2.28. The highest BCUT2D eigenvalue weighted by molar-refractivity contribution is 6.33. The predicted molar refractivity (Wildman–Crippen MR) is 89.1 cm³/mol. The minimum Gasteiger partial charge on any atom is -0.319 e. The van der Waals surface area contributed by atoms with Gasteiger partial charge in [-0.3, -0.25) is 0 Å². The van der Waals surface area contributed by atoms with Crippen LogP contribution < -0.4 is 5.32 Å². The molecule has 116 valence electrons. The second kappa shape index (κ2) is 7.17. The van der Waals surface area contributed by atoms with Crippen molar-refractivity contribution in [1.29, 1.82) is 0 Å². The summed E-state index contributed by atoms with van der Waals surface area (Å²) in [6.07, 6.45) is 5.92. The zero-order valence-corrected chi connectivity index (χ0v) is 13.9. The number of halogens is 1. The third-order valence-corrected chi connectivity index (χ3v) is 4.53. The molecule has 1 aromatic rings. The lowest BCUT2D eigenvalue weighted by Gasteiger charge is -2.37. The van der Waals surface area contributed by atoms with E-state index < -0.39 is 0 Å². The number of aryl methyl sites for hydroxylation is 1. The van der Waals surface area contributed by atoms with Crippen LogP contribution in [0, 0.1) is 6.92 Å². The van der Waals surface area contributed by atoms with Crippen LogP contribution in [0.4, 0.5) is 10.5 Å². The van der Waals surface area contributed by atoms with Crippen LogP contribution >= 0.6 is 11.6 Å². The fourth-order valence-corrected chi connectivity index (χ4v) is 3.41. The molecule has 2 amide bonds. The minimum absolute atomic E-state index is 0.0342. The van der Waals surface area contributed by atoms with Gasteiger partial charge in [-0.25, -0.2) is 4.79 Å². The Kier molecular flexibility index (Phi) is 5.51. The predicted octanol–water partition coefficient (Wildman–Crippen LogP) is 5.22. The minimum atomic E-state index is -0.0342. The smallest absolute Gasteiger partial charge is 0.319 e. The van der Waals surface area contributed by atoms with Gasteiger partial charge in [0.15, 0.2) is 0 Å². The van der Waals surface area contributed by atoms with E-state index in [0.717, 1.165) is 24.1 Å². The van der Waals surface area contributed by atoms with Crippen molar-refractivity contribution in [2.45, 2.75) is 65.0 Å². The molecule has 1 aliphatic carbocycles. The van der Waals surface area contributed by atoms with Crippen LogP contribution in [0.1, 0.15) is 51.5 Å². The molecule has 0 bridgehead atoms. The van der Waals surface area contributed by atoms with Gasteiger partial charge in [0.25, 0.3) is 0 Å². The first kappa shape index (κ1) is 16.2. The van der Waals surface area contributed by atoms with Crippen molar-refractivity contribution in [2.24, 2.45) is 0 Å². The molecule has 0 heterocycles. The van der Waals surface area contributed by atoms with Crippen LogP contribution in [0.3, 0.4) is 0 Å². The molecule has 0 saturated heterocycles. The number of anilines is 1. The second-order valence-electron chi connectivity index (χ2n) is 6.15. The van der Waals surface area contributed by atoms with Crippen LogP contribution in [0.5, 0.6) is 0 Å². The van der Waals surface area contributed by atoms with Gasteiger partial charge in [-0.05, 0) is 45.2 Å². The van der Waals surface area contributed by atoms with Gasteiger partial charge < -0.3 is 10.2 Å². The van der Waals surface area contributed by atoms with Crippen molar-refractivity contribution in [3.8, 4) is 0 Å². The average molecular weight is 309 g/mol. The Bertz CT molecular complexity index is 475. The zero-order chi connectivity index (χ0) is 15.4. The van der Waals surface area contributed by atoms with E-state index in [0.29, 0.717) is 11.1 Å². The Morgan fingerprint density at radius 2 is 1.95 bits per heavy atom. The van der Waals surface area contributed by atoms with Gasteiger partial charge in [-0.15, -0.1) is 0 Å². The maximum Gasteiger partial charge on any atom is 0.322 e. The number of carbonyl (C=O) groups excluding carboxylic acids is 1. The standard InChI is InChI=1S/C17H25ClN2O/c1-12(2)20(14-9-5-4-6-10-14)17(21)19-16-13(3)8-7-11-15(16)18/h7-8,11-12,14H,4-6,9-10H2,1-3H3,(H,19,21). The molecule has 0 spiro atoms. The lowest BCUT2D eigenvalue weighted by molar-refractivity contribution is 0.145. The summed E-state index contributed by atoms with van der Waals surface area (Å²) in [5, 5.41) is 3.61. The first-order chi connectivity index (χ1) is 10.0. The van der Waals surface area contributed by atoms with Crippen LogP contribution in [-0.4, -0.2) is 23.0 Å². The van der Waals surface area contributed by atoms with E-state index in [1.165, 1.54) is 19.3 Å². The number of rotatable bonds is 3. The van der Waals surface area contributed by atoms with Gasteiger partial charge >= 0.3 is 6.03 Å². The van der Waals surface area contributed by atoms with E-state index >= 15 is 0 Å². The number of hydrogen-bond acceptors (Lipinski definition) is 1. The first-order valence-electron chi connectivity index (χ1n) is 7.85. The van der Waals surface area contributed by atoms with Crippen LogP contribution in [0.2, 0.25) is 5.02 Å². The maximum atomic E-state index is 12.7. The van der Waals surface area contributed by atoms with Crippen molar-refractivity contribution in [1.82, 2.24) is 4.90 Å². The number of para-hydroxylation sites is 1. The molecule has 1 saturated carbocycles. The largest absolute Gasteiger partial charge is 0.322 e. The van der Waals surface area contributed by atoms with E-state index in [2.05, 4.69) is 19.2 Å². The van der Waals surface area contributed by atoms with Crippen LogP contribution in [0.15, 0.2) is 18.2 Å². The van der Waals surface area contributed by atoms with Crippen molar-refractivity contribution in [3.05, 3.63) is 28.8 Å². The number of amides is 2. The Balaban J connectivity index is 2.15.